The number of carbonyl (C=O) groups excluding carboxylic acids is 1. The van der Waals surface area contributed by atoms with Crippen LogP contribution in [0.5, 0.6) is 5.75 Å². The summed E-state index contributed by atoms with van der Waals surface area (Å²) in [5.74, 6) is 0.413. The summed E-state index contributed by atoms with van der Waals surface area (Å²) in [7, 11) is 3.05. The van der Waals surface area contributed by atoms with E-state index in [1.54, 1.807) is 14.0 Å². The largest absolute Gasteiger partial charge is 0.493 e. The van der Waals surface area contributed by atoms with Gasteiger partial charge in [0, 0.05) is 17.7 Å². The van der Waals surface area contributed by atoms with Gasteiger partial charge in [-0.3, -0.25) is 4.79 Å². The average Bonchev–Trinajstić information content (AvgIpc) is 2.29. The Labute approximate surface area is 111 Å². The molecule has 0 heterocycles. The van der Waals surface area contributed by atoms with Crippen LogP contribution in [0, 0.1) is 6.92 Å². The minimum atomic E-state index is -3.73. The molecule has 0 aliphatic rings. The van der Waals surface area contributed by atoms with Gasteiger partial charge in [-0.05, 0) is 30.7 Å². The van der Waals surface area contributed by atoms with Crippen molar-refractivity contribution in [3.05, 3.63) is 23.8 Å². The molecule has 1 N–H and O–H groups in total. The molecule has 0 bridgehead atoms. The SMILES string of the molecule is CNC(=O)CCOc1ccc(S(=O)(=O)Cl)cc1C. The molecule has 0 radical (unpaired) electrons. The van der Waals surface area contributed by atoms with Crippen LogP contribution in [-0.2, 0) is 13.8 Å². The molecule has 18 heavy (non-hydrogen) atoms. The minimum absolute atomic E-state index is 0.0281. The number of halogens is 1. The van der Waals surface area contributed by atoms with Crippen LogP contribution in [0.15, 0.2) is 23.1 Å². The number of nitrogens with one attached hydrogen (secondary N) is 1. The van der Waals surface area contributed by atoms with Crippen LogP contribution in [0.25, 0.3) is 0 Å². The van der Waals surface area contributed by atoms with Crippen LogP contribution < -0.4 is 10.1 Å². The van der Waals surface area contributed by atoms with Crippen molar-refractivity contribution >= 4 is 25.6 Å². The van der Waals surface area contributed by atoms with Crippen molar-refractivity contribution in [2.75, 3.05) is 13.7 Å². The van der Waals surface area contributed by atoms with Crippen molar-refractivity contribution < 1.29 is 17.9 Å². The van der Waals surface area contributed by atoms with Gasteiger partial charge < -0.3 is 10.1 Å². The van der Waals surface area contributed by atoms with Crippen LogP contribution >= 0.6 is 10.7 Å². The predicted molar refractivity (Wildman–Crippen MR) is 68.4 cm³/mol. The van der Waals surface area contributed by atoms with E-state index in [1.165, 1.54) is 18.2 Å². The van der Waals surface area contributed by atoms with Crippen LogP contribution in [-0.4, -0.2) is 28.0 Å². The molecule has 1 amide bonds. The zero-order chi connectivity index (χ0) is 13.8. The first kappa shape index (κ1) is 14.8. The number of amides is 1. The fraction of sp³-hybridized carbons (Fsp3) is 0.364. The average molecular weight is 292 g/mol. The Morgan fingerprint density at radius 2 is 2.11 bits per heavy atom. The molecule has 0 unspecified atom stereocenters. The van der Waals surface area contributed by atoms with Gasteiger partial charge in [0.25, 0.3) is 9.05 Å². The second kappa shape index (κ2) is 6.06. The fourth-order valence-corrected chi connectivity index (χ4v) is 2.15. The molecular weight excluding hydrogens is 278 g/mol. The van der Waals surface area contributed by atoms with Crippen molar-refractivity contribution in [1.82, 2.24) is 5.32 Å². The van der Waals surface area contributed by atoms with Crippen LogP contribution in [0.2, 0.25) is 0 Å². The van der Waals surface area contributed by atoms with E-state index in [9.17, 15) is 13.2 Å². The molecule has 0 aliphatic carbocycles. The van der Waals surface area contributed by atoms with Crippen LogP contribution in [0.4, 0.5) is 0 Å². The van der Waals surface area contributed by atoms with E-state index in [0.29, 0.717) is 11.3 Å². The third kappa shape index (κ3) is 4.19. The van der Waals surface area contributed by atoms with Gasteiger partial charge in [-0.1, -0.05) is 0 Å². The monoisotopic (exact) mass is 291 g/mol. The summed E-state index contributed by atoms with van der Waals surface area (Å²) in [6.07, 6.45) is 0.242. The highest BCUT2D eigenvalue weighted by atomic mass is 35.7. The molecule has 1 aromatic rings. The van der Waals surface area contributed by atoms with Crippen molar-refractivity contribution in [2.24, 2.45) is 0 Å². The van der Waals surface area contributed by atoms with Gasteiger partial charge in [0.15, 0.2) is 0 Å². The molecule has 0 spiro atoms. The van der Waals surface area contributed by atoms with E-state index in [4.69, 9.17) is 15.4 Å². The summed E-state index contributed by atoms with van der Waals surface area (Å²) in [6, 6.07) is 4.32. The number of hydrogen-bond donors (Lipinski definition) is 1. The molecular formula is C11H14ClNO4S. The smallest absolute Gasteiger partial charge is 0.261 e. The molecule has 0 saturated carbocycles. The molecule has 0 saturated heterocycles. The van der Waals surface area contributed by atoms with Crippen molar-refractivity contribution in [2.45, 2.75) is 18.2 Å². The highest BCUT2D eigenvalue weighted by Gasteiger charge is 2.12. The second-order valence-electron chi connectivity index (χ2n) is 3.64. The van der Waals surface area contributed by atoms with Gasteiger partial charge in [-0.2, -0.15) is 0 Å². The first-order chi connectivity index (χ1) is 8.34. The lowest BCUT2D eigenvalue weighted by molar-refractivity contribution is -0.121. The predicted octanol–water partition coefficient (Wildman–Crippen LogP) is 1.44. The summed E-state index contributed by atoms with van der Waals surface area (Å²) < 4.78 is 27.6. The first-order valence-corrected chi connectivity index (χ1v) is 7.54. The lowest BCUT2D eigenvalue weighted by Crippen LogP contribution is -2.20. The Balaban J connectivity index is 2.72. The number of carbonyl (C=O) groups is 1. The molecule has 0 fully saturated rings. The van der Waals surface area contributed by atoms with Crippen molar-refractivity contribution in [1.29, 1.82) is 0 Å². The van der Waals surface area contributed by atoms with E-state index in [0.717, 1.165) is 0 Å². The van der Waals surface area contributed by atoms with Gasteiger partial charge in [0.05, 0.1) is 17.9 Å². The molecule has 1 rings (SSSR count). The zero-order valence-corrected chi connectivity index (χ0v) is 11.6. The van der Waals surface area contributed by atoms with E-state index >= 15 is 0 Å². The highest BCUT2D eigenvalue weighted by Crippen LogP contribution is 2.23. The summed E-state index contributed by atoms with van der Waals surface area (Å²) in [6.45, 7) is 1.94. The topological polar surface area (TPSA) is 72.5 Å². The van der Waals surface area contributed by atoms with Crippen LogP contribution in [0.3, 0.4) is 0 Å². The number of hydrogen-bond acceptors (Lipinski definition) is 4. The van der Waals surface area contributed by atoms with Gasteiger partial charge in [0.2, 0.25) is 5.91 Å². The molecule has 100 valence electrons. The van der Waals surface area contributed by atoms with Gasteiger partial charge >= 0.3 is 0 Å². The standard InChI is InChI=1S/C11H14ClNO4S/c1-8-7-9(18(12,15)16)3-4-10(8)17-6-5-11(14)13-2/h3-4,7H,5-6H2,1-2H3,(H,13,14). The zero-order valence-electron chi connectivity index (χ0n) is 10.1. The normalized spacial score (nSPS) is 11.1. The summed E-state index contributed by atoms with van der Waals surface area (Å²) in [5, 5.41) is 2.48. The Bertz CT molecular complexity index is 542. The van der Waals surface area contributed by atoms with Gasteiger partial charge in [0.1, 0.15) is 5.75 Å². The molecule has 5 nitrogen and oxygen atoms in total. The Morgan fingerprint density at radius 1 is 1.44 bits per heavy atom. The van der Waals surface area contributed by atoms with Crippen molar-refractivity contribution in [3.8, 4) is 5.75 Å². The van der Waals surface area contributed by atoms with Gasteiger partial charge in [-0.15, -0.1) is 0 Å². The highest BCUT2D eigenvalue weighted by molar-refractivity contribution is 8.13. The molecule has 7 heteroatoms. The van der Waals surface area contributed by atoms with Crippen molar-refractivity contribution in [3.63, 3.8) is 0 Å². The van der Waals surface area contributed by atoms with E-state index in [2.05, 4.69) is 5.32 Å². The Kier molecular flexibility index (Phi) is 4.98. The lowest BCUT2D eigenvalue weighted by Gasteiger charge is -2.09. The summed E-state index contributed by atoms with van der Waals surface area (Å²) >= 11 is 0. The maximum atomic E-state index is 11.1. The first-order valence-electron chi connectivity index (χ1n) is 5.23. The maximum Gasteiger partial charge on any atom is 0.261 e. The van der Waals surface area contributed by atoms with Crippen LogP contribution in [0.1, 0.15) is 12.0 Å². The summed E-state index contributed by atoms with van der Waals surface area (Å²) in [4.78, 5) is 11.0. The Hall–Kier alpha value is -1.27. The summed E-state index contributed by atoms with van der Waals surface area (Å²) in [5.41, 5.74) is 0.647. The maximum absolute atomic E-state index is 11.1. The van der Waals surface area contributed by atoms with Gasteiger partial charge in [-0.25, -0.2) is 8.42 Å². The number of ether oxygens (including phenoxy) is 1. The molecule has 0 aliphatic heterocycles. The Morgan fingerprint density at radius 3 is 2.61 bits per heavy atom. The number of aryl methyl sites for hydroxylation is 1. The minimum Gasteiger partial charge on any atom is -0.493 e. The number of benzene rings is 1. The number of rotatable bonds is 5. The van der Waals surface area contributed by atoms with E-state index in [1.807, 2.05) is 0 Å². The molecule has 0 aromatic heterocycles. The van der Waals surface area contributed by atoms with E-state index < -0.39 is 9.05 Å². The molecule has 0 atom stereocenters. The molecule has 1 aromatic carbocycles. The third-order valence-electron chi connectivity index (χ3n) is 2.29. The third-order valence-corrected chi connectivity index (χ3v) is 3.64. The second-order valence-corrected chi connectivity index (χ2v) is 6.20. The lowest BCUT2D eigenvalue weighted by atomic mass is 10.2. The quantitative estimate of drug-likeness (QED) is 0.833. The van der Waals surface area contributed by atoms with E-state index in [-0.39, 0.29) is 23.8 Å². The fourth-order valence-electron chi connectivity index (χ4n) is 1.31.